The molecule has 1 N–H and O–H groups in total. The third-order valence-electron chi connectivity index (χ3n) is 3.36. The fraction of sp³-hybridized carbons (Fsp3) is 0.706. The Morgan fingerprint density at radius 3 is 2.26 bits per heavy atom. The summed E-state index contributed by atoms with van der Waals surface area (Å²) in [6.45, 7) is 10.9. The quantitative estimate of drug-likeness (QED) is 0.582. The highest BCUT2D eigenvalue weighted by molar-refractivity contribution is 5.66. The number of rotatable bonds is 9. The summed E-state index contributed by atoms with van der Waals surface area (Å²) in [5.74, 6) is 0.468. The summed E-state index contributed by atoms with van der Waals surface area (Å²) in [6.07, 6.45) is 8.82. The van der Waals surface area contributed by atoms with Crippen molar-refractivity contribution >= 4 is 5.97 Å². The molecule has 110 valence electrons. The van der Waals surface area contributed by atoms with Crippen molar-refractivity contribution in [1.82, 2.24) is 0 Å². The first-order chi connectivity index (χ1) is 8.82. The second kappa shape index (κ2) is 9.82. The maximum absolute atomic E-state index is 10.5. The van der Waals surface area contributed by atoms with Crippen LogP contribution in [0, 0.1) is 11.8 Å². The third kappa shape index (κ3) is 10.5. The van der Waals surface area contributed by atoms with Gasteiger partial charge in [-0.1, -0.05) is 44.1 Å². The minimum atomic E-state index is -0.686. The van der Waals surface area contributed by atoms with Crippen molar-refractivity contribution in [2.24, 2.45) is 11.8 Å². The Morgan fingerprint density at radius 1 is 1.16 bits per heavy atom. The number of hydrogen-bond acceptors (Lipinski definition) is 1. The summed E-state index contributed by atoms with van der Waals surface area (Å²) in [4.78, 5) is 10.5. The van der Waals surface area contributed by atoms with E-state index >= 15 is 0 Å². The number of hydrogen-bond donors (Lipinski definition) is 1. The van der Waals surface area contributed by atoms with Crippen molar-refractivity contribution < 1.29 is 9.90 Å². The molecule has 0 aliphatic carbocycles. The van der Waals surface area contributed by atoms with E-state index in [2.05, 4.69) is 46.8 Å². The molecule has 0 aliphatic rings. The summed E-state index contributed by atoms with van der Waals surface area (Å²) in [5.41, 5.74) is 2.85. The van der Waals surface area contributed by atoms with Gasteiger partial charge in [-0.2, -0.15) is 0 Å². The molecule has 0 radical (unpaired) electrons. The van der Waals surface area contributed by atoms with Crippen molar-refractivity contribution in [2.75, 3.05) is 0 Å². The molecule has 0 amide bonds. The van der Waals surface area contributed by atoms with Crippen LogP contribution in [0.15, 0.2) is 23.3 Å². The van der Waals surface area contributed by atoms with Gasteiger partial charge >= 0.3 is 5.97 Å². The molecular formula is C17H30O2. The van der Waals surface area contributed by atoms with Gasteiger partial charge in [-0.05, 0) is 51.4 Å². The van der Waals surface area contributed by atoms with Gasteiger partial charge in [0, 0.05) is 6.42 Å². The van der Waals surface area contributed by atoms with Gasteiger partial charge in [0.15, 0.2) is 0 Å². The Kier molecular flexibility index (Phi) is 9.28. The zero-order chi connectivity index (χ0) is 14.8. The molecule has 0 heterocycles. The van der Waals surface area contributed by atoms with Crippen LogP contribution in [0.25, 0.3) is 0 Å². The molecule has 0 saturated carbocycles. The lowest BCUT2D eigenvalue weighted by atomic mass is 9.93. The second-order valence-corrected chi connectivity index (χ2v) is 6.05. The van der Waals surface area contributed by atoms with Crippen LogP contribution >= 0.6 is 0 Å². The largest absolute Gasteiger partial charge is 0.481 e. The van der Waals surface area contributed by atoms with Crippen LogP contribution in [0.2, 0.25) is 0 Å². The Morgan fingerprint density at radius 2 is 1.79 bits per heavy atom. The molecule has 0 aromatic heterocycles. The highest BCUT2D eigenvalue weighted by Gasteiger charge is 2.06. The minimum Gasteiger partial charge on any atom is -0.481 e. The summed E-state index contributed by atoms with van der Waals surface area (Å²) < 4.78 is 0. The minimum absolute atomic E-state index is 0.295. The number of carboxylic acids is 1. The van der Waals surface area contributed by atoms with E-state index in [0.29, 0.717) is 18.3 Å². The smallest absolute Gasteiger partial charge is 0.303 e. The van der Waals surface area contributed by atoms with Gasteiger partial charge in [-0.25, -0.2) is 0 Å². The standard InChI is InChI=1S/C17H30O2/c1-13(2)9-11-16(14(3)4)12-10-15(5)7-6-8-17(18)19/h9,12,14-15H,6-8,10-11H2,1-5H3,(H,18,19)/b16-12+/t15-/m0/s1. The van der Waals surface area contributed by atoms with Crippen molar-refractivity contribution in [3.05, 3.63) is 23.3 Å². The molecule has 0 saturated heterocycles. The highest BCUT2D eigenvalue weighted by atomic mass is 16.4. The molecule has 2 nitrogen and oxygen atoms in total. The van der Waals surface area contributed by atoms with Gasteiger partial charge < -0.3 is 5.11 Å². The third-order valence-corrected chi connectivity index (χ3v) is 3.36. The van der Waals surface area contributed by atoms with E-state index in [1.54, 1.807) is 0 Å². The Hall–Kier alpha value is -1.05. The van der Waals surface area contributed by atoms with Gasteiger partial charge in [0.25, 0.3) is 0 Å². The van der Waals surface area contributed by atoms with Gasteiger partial charge in [-0.15, -0.1) is 0 Å². The highest BCUT2D eigenvalue weighted by Crippen LogP contribution is 2.20. The van der Waals surface area contributed by atoms with E-state index in [9.17, 15) is 4.79 Å². The molecule has 19 heavy (non-hydrogen) atoms. The average molecular weight is 266 g/mol. The second-order valence-electron chi connectivity index (χ2n) is 6.05. The Bertz CT molecular complexity index is 320. The maximum atomic E-state index is 10.5. The molecule has 2 heteroatoms. The zero-order valence-electron chi connectivity index (χ0n) is 13.2. The van der Waals surface area contributed by atoms with E-state index in [1.165, 1.54) is 11.1 Å². The van der Waals surface area contributed by atoms with Crippen LogP contribution in [0.1, 0.15) is 66.7 Å². The average Bonchev–Trinajstić information content (AvgIpc) is 2.27. The van der Waals surface area contributed by atoms with Gasteiger partial charge in [-0.3, -0.25) is 4.79 Å². The molecule has 0 bridgehead atoms. The molecule has 0 unspecified atom stereocenters. The number of carboxylic acid groups (broad SMARTS) is 1. The van der Waals surface area contributed by atoms with Crippen molar-refractivity contribution in [2.45, 2.75) is 66.7 Å². The van der Waals surface area contributed by atoms with E-state index < -0.39 is 5.97 Å². The van der Waals surface area contributed by atoms with Gasteiger partial charge in [0.2, 0.25) is 0 Å². The maximum Gasteiger partial charge on any atom is 0.303 e. The predicted octanol–water partition coefficient (Wildman–Crippen LogP) is 5.21. The topological polar surface area (TPSA) is 37.3 Å². The lowest BCUT2D eigenvalue weighted by Crippen LogP contribution is -2.00. The zero-order valence-corrected chi connectivity index (χ0v) is 13.2. The van der Waals surface area contributed by atoms with Crippen LogP contribution < -0.4 is 0 Å². The van der Waals surface area contributed by atoms with Crippen molar-refractivity contribution in [3.63, 3.8) is 0 Å². The van der Waals surface area contributed by atoms with Crippen molar-refractivity contribution in [3.8, 4) is 0 Å². The fourth-order valence-electron chi connectivity index (χ4n) is 1.95. The summed E-state index contributed by atoms with van der Waals surface area (Å²) in [5, 5.41) is 8.62. The van der Waals surface area contributed by atoms with Gasteiger partial charge in [0.05, 0.1) is 0 Å². The molecule has 0 aromatic carbocycles. The lowest BCUT2D eigenvalue weighted by molar-refractivity contribution is -0.137. The molecule has 0 aliphatic heterocycles. The molecule has 0 fully saturated rings. The van der Waals surface area contributed by atoms with Gasteiger partial charge in [0.1, 0.15) is 0 Å². The number of allylic oxidation sites excluding steroid dienone is 4. The molecule has 0 rings (SSSR count). The van der Waals surface area contributed by atoms with E-state index in [4.69, 9.17) is 5.11 Å². The summed E-state index contributed by atoms with van der Waals surface area (Å²) in [7, 11) is 0. The van der Waals surface area contributed by atoms with E-state index in [0.717, 1.165) is 25.7 Å². The first-order valence-electron chi connectivity index (χ1n) is 7.37. The lowest BCUT2D eigenvalue weighted by Gasteiger charge is -2.13. The monoisotopic (exact) mass is 266 g/mol. The van der Waals surface area contributed by atoms with Crippen LogP contribution in [0.4, 0.5) is 0 Å². The SMILES string of the molecule is CC(C)=CC/C(=C\C[C@@H](C)CCCC(=O)O)C(C)C. The Labute approximate surface area is 118 Å². The number of carbonyl (C=O) groups is 1. The van der Waals surface area contributed by atoms with E-state index in [-0.39, 0.29) is 0 Å². The first kappa shape index (κ1) is 17.9. The summed E-state index contributed by atoms with van der Waals surface area (Å²) in [6, 6.07) is 0. The van der Waals surface area contributed by atoms with Crippen LogP contribution in [-0.2, 0) is 4.79 Å². The summed E-state index contributed by atoms with van der Waals surface area (Å²) >= 11 is 0. The predicted molar refractivity (Wildman–Crippen MR) is 82.2 cm³/mol. The molecular weight excluding hydrogens is 236 g/mol. The van der Waals surface area contributed by atoms with Crippen LogP contribution in [0.5, 0.6) is 0 Å². The molecule has 1 atom stereocenters. The number of aliphatic carboxylic acids is 1. The van der Waals surface area contributed by atoms with Crippen LogP contribution in [0.3, 0.4) is 0 Å². The Balaban J connectivity index is 4.21. The fourth-order valence-corrected chi connectivity index (χ4v) is 1.95. The first-order valence-corrected chi connectivity index (χ1v) is 7.37. The molecule has 0 spiro atoms. The normalized spacial score (nSPS) is 13.5. The van der Waals surface area contributed by atoms with Crippen LogP contribution in [-0.4, -0.2) is 11.1 Å². The molecule has 0 aromatic rings. The van der Waals surface area contributed by atoms with Crippen molar-refractivity contribution in [1.29, 1.82) is 0 Å². The van der Waals surface area contributed by atoms with E-state index in [1.807, 2.05) is 0 Å².